The average molecular weight is 356 g/mol. The first kappa shape index (κ1) is 18.7. The third-order valence-corrected chi connectivity index (χ3v) is 5.82. The number of piperazine rings is 1. The number of rotatable bonds is 7. The van der Waals surface area contributed by atoms with Gasteiger partial charge in [-0.05, 0) is 24.3 Å². The molecular weight excluding hydrogens is 332 g/mol. The molecule has 1 aliphatic heterocycles. The molecule has 0 aromatic heterocycles. The fraction of sp³-hybridized carbons (Fsp3) is 0.562. The van der Waals surface area contributed by atoms with Crippen LogP contribution in [0.1, 0.15) is 13.3 Å². The van der Waals surface area contributed by atoms with E-state index in [4.69, 9.17) is 9.47 Å². The summed E-state index contributed by atoms with van der Waals surface area (Å²) in [5.41, 5.74) is 0. The minimum Gasteiger partial charge on any atom is -0.491 e. The summed E-state index contributed by atoms with van der Waals surface area (Å²) in [7, 11) is -1.95. The molecule has 0 atom stereocenters. The Morgan fingerprint density at radius 2 is 1.71 bits per heavy atom. The van der Waals surface area contributed by atoms with Crippen molar-refractivity contribution in [2.45, 2.75) is 18.2 Å². The number of amides is 1. The summed E-state index contributed by atoms with van der Waals surface area (Å²) >= 11 is 0. The van der Waals surface area contributed by atoms with E-state index < -0.39 is 10.0 Å². The number of nitrogens with zero attached hydrogens (tertiary/aromatic N) is 2. The number of ether oxygens (including phenoxy) is 2. The summed E-state index contributed by atoms with van der Waals surface area (Å²) < 4.78 is 37.1. The Bertz CT molecular complexity index is 637. The lowest BCUT2D eigenvalue weighted by molar-refractivity contribution is -0.132. The Morgan fingerprint density at radius 3 is 2.25 bits per heavy atom. The first-order valence-corrected chi connectivity index (χ1v) is 9.42. The summed E-state index contributed by atoms with van der Waals surface area (Å²) in [6, 6.07) is 6.36. The molecule has 8 heteroatoms. The highest BCUT2D eigenvalue weighted by Gasteiger charge is 2.29. The number of benzene rings is 1. The van der Waals surface area contributed by atoms with Gasteiger partial charge in [0.15, 0.2) is 0 Å². The van der Waals surface area contributed by atoms with Crippen LogP contribution in [-0.2, 0) is 19.6 Å². The van der Waals surface area contributed by atoms with Gasteiger partial charge in [-0.2, -0.15) is 4.31 Å². The topological polar surface area (TPSA) is 76.2 Å². The van der Waals surface area contributed by atoms with E-state index in [2.05, 4.69) is 0 Å². The van der Waals surface area contributed by atoms with Gasteiger partial charge >= 0.3 is 0 Å². The lowest BCUT2D eigenvalue weighted by atomic mass is 10.3. The molecule has 1 amide bonds. The summed E-state index contributed by atoms with van der Waals surface area (Å²) in [5.74, 6) is 0.661. The van der Waals surface area contributed by atoms with Gasteiger partial charge in [-0.25, -0.2) is 8.42 Å². The monoisotopic (exact) mass is 356 g/mol. The van der Waals surface area contributed by atoms with E-state index in [1.165, 1.54) is 4.31 Å². The second-order valence-corrected chi connectivity index (χ2v) is 7.39. The van der Waals surface area contributed by atoms with Gasteiger partial charge in [0.1, 0.15) is 12.4 Å². The minimum atomic E-state index is -3.54. The van der Waals surface area contributed by atoms with Crippen LogP contribution >= 0.6 is 0 Å². The Kier molecular flexibility index (Phi) is 6.59. The SMILES string of the molecule is CCC(=O)N1CCN(S(=O)(=O)c2ccc(OCCOC)cc2)CC1. The second-order valence-electron chi connectivity index (χ2n) is 5.45. The second kappa shape index (κ2) is 8.46. The van der Waals surface area contributed by atoms with E-state index in [0.29, 0.717) is 51.6 Å². The van der Waals surface area contributed by atoms with E-state index in [0.717, 1.165) is 0 Å². The van der Waals surface area contributed by atoms with Crippen LogP contribution < -0.4 is 4.74 Å². The number of hydrogen-bond acceptors (Lipinski definition) is 5. The highest BCUT2D eigenvalue weighted by Crippen LogP contribution is 2.21. The number of sulfonamides is 1. The molecule has 24 heavy (non-hydrogen) atoms. The zero-order valence-electron chi connectivity index (χ0n) is 14.1. The third kappa shape index (κ3) is 4.46. The van der Waals surface area contributed by atoms with E-state index >= 15 is 0 Å². The lowest BCUT2D eigenvalue weighted by Crippen LogP contribution is -2.50. The number of carbonyl (C=O) groups excluding carboxylic acids is 1. The largest absolute Gasteiger partial charge is 0.491 e. The molecule has 2 rings (SSSR count). The van der Waals surface area contributed by atoms with Crippen molar-refractivity contribution in [2.75, 3.05) is 46.5 Å². The number of methoxy groups -OCH3 is 1. The summed E-state index contributed by atoms with van der Waals surface area (Å²) in [6.07, 6.45) is 0.442. The molecule has 0 saturated carbocycles. The molecule has 1 aromatic rings. The molecular formula is C16H24N2O5S. The fourth-order valence-electron chi connectivity index (χ4n) is 2.50. The van der Waals surface area contributed by atoms with Crippen LogP contribution in [0, 0.1) is 0 Å². The molecule has 0 bridgehead atoms. The summed E-state index contributed by atoms with van der Waals surface area (Å²) in [6.45, 7) is 4.20. The van der Waals surface area contributed by atoms with Gasteiger partial charge in [0.05, 0.1) is 11.5 Å². The van der Waals surface area contributed by atoms with Crippen molar-refractivity contribution < 1.29 is 22.7 Å². The molecule has 7 nitrogen and oxygen atoms in total. The van der Waals surface area contributed by atoms with Crippen LogP contribution in [0.25, 0.3) is 0 Å². The Hall–Kier alpha value is -1.64. The maximum atomic E-state index is 12.7. The van der Waals surface area contributed by atoms with Gasteiger partial charge < -0.3 is 14.4 Å². The van der Waals surface area contributed by atoms with Gasteiger partial charge in [-0.3, -0.25) is 4.79 Å². The number of carbonyl (C=O) groups is 1. The maximum Gasteiger partial charge on any atom is 0.243 e. The van der Waals surface area contributed by atoms with Crippen molar-refractivity contribution in [3.05, 3.63) is 24.3 Å². The Balaban J connectivity index is 1.99. The highest BCUT2D eigenvalue weighted by molar-refractivity contribution is 7.89. The molecule has 0 spiro atoms. The van der Waals surface area contributed by atoms with Gasteiger partial charge in [-0.1, -0.05) is 6.92 Å². The number of hydrogen-bond donors (Lipinski definition) is 0. The van der Waals surface area contributed by atoms with Crippen molar-refractivity contribution in [3.63, 3.8) is 0 Å². The van der Waals surface area contributed by atoms with Crippen molar-refractivity contribution in [2.24, 2.45) is 0 Å². The van der Waals surface area contributed by atoms with E-state index in [9.17, 15) is 13.2 Å². The molecule has 1 heterocycles. The molecule has 0 unspecified atom stereocenters. The van der Waals surface area contributed by atoms with Crippen molar-refractivity contribution in [1.82, 2.24) is 9.21 Å². The molecule has 1 saturated heterocycles. The first-order chi connectivity index (χ1) is 11.5. The fourth-order valence-corrected chi connectivity index (χ4v) is 3.92. The normalized spacial score (nSPS) is 16.2. The van der Waals surface area contributed by atoms with Crippen LogP contribution in [0.5, 0.6) is 5.75 Å². The molecule has 134 valence electrons. The molecule has 1 aromatic carbocycles. The maximum absolute atomic E-state index is 12.7. The van der Waals surface area contributed by atoms with Crippen LogP contribution in [0.15, 0.2) is 29.2 Å². The van der Waals surface area contributed by atoms with Crippen LogP contribution in [0.3, 0.4) is 0 Å². The van der Waals surface area contributed by atoms with E-state index in [-0.39, 0.29) is 10.8 Å². The van der Waals surface area contributed by atoms with Crippen LogP contribution in [-0.4, -0.2) is 70.0 Å². The standard InChI is InChI=1S/C16H24N2O5S/c1-3-16(19)17-8-10-18(11-9-17)24(20,21)15-6-4-14(5-7-15)23-13-12-22-2/h4-7H,3,8-13H2,1-2H3. The predicted molar refractivity (Wildman–Crippen MR) is 89.4 cm³/mol. The van der Waals surface area contributed by atoms with Gasteiger partial charge in [-0.15, -0.1) is 0 Å². The van der Waals surface area contributed by atoms with E-state index in [1.54, 1.807) is 36.3 Å². The third-order valence-electron chi connectivity index (χ3n) is 3.91. The zero-order valence-corrected chi connectivity index (χ0v) is 14.9. The predicted octanol–water partition coefficient (Wildman–Crippen LogP) is 0.955. The quantitative estimate of drug-likeness (QED) is 0.680. The van der Waals surface area contributed by atoms with Gasteiger partial charge in [0.2, 0.25) is 15.9 Å². The summed E-state index contributed by atoms with van der Waals surface area (Å²) in [5, 5.41) is 0. The zero-order chi connectivity index (χ0) is 17.6. The van der Waals surface area contributed by atoms with Gasteiger partial charge in [0.25, 0.3) is 0 Å². The van der Waals surface area contributed by atoms with E-state index in [1.807, 2.05) is 6.92 Å². The summed E-state index contributed by atoms with van der Waals surface area (Å²) in [4.78, 5) is 13.6. The molecule has 1 aliphatic rings. The molecule has 0 N–H and O–H groups in total. The van der Waals surface area contributed by atoms with Gasteiger partial charge in [0, 0.05) is 39.7 Å². The Labute approximate surface area is 143 Å². The smallest absolute Gasteiger partial charge is 0.243 e. The van der Waals surface area contributed by atoms with Crippen molar-refractivity contribution in [3.8, 4) is 5.75 Å². The molecule has 0 aliphatic carbocycles. The van der Waals surface area contributed by atoms with Crippen molar-refractivity contribution >= 4 is 15.9 Å². The van der Waals surface area contributed by atoms with Crippen LogP contribution in [0.4, 0.5) is 0 Å². The minimum absolute atomic E-state index is 0.0598. The Morgan fingerprint density at radius 1 is 1.08 bits per heavy atom. The van der Waals surface area contributed by atoms with Crippen molar-refractivity contribution in [1.29, 1.82) is 0 Å². The molecule has 0 radical (unpaired) electrons. The lowest BCUT2D eigenvalue weighted by Gasteiger charge is -2.33. The average Bonchev–Trinajstić information content (AvgIpc) is 2.62. The molecule has 1 fully saturated rings. The van der Waals surface area contributed by atoms with Crippen LogP contribution in [0.2, 0.25) is 0 Å². The highest BCUT2D eigenvalue weighted by atomic mass is 32.2. The first-order valence-electron chi connectivity index (χ1n) is 7.98.